The molecule has 0 saturated heterocycles. The van der Waals surface area contributed by atoms with E-state index in [2.05, 4.69) is 5.10 Å². The van der Waals surface area contributed by atoms with Gasteiger partial charge in [0.05, 0.1) is 28.8 Å². The van der Waals surface area contributed by atoms with Gasteiger partial charge in [-0.3, -0.25) is 14.8 Å². The molecule has 0 saturated carbocycles. The number of nitrogens with zero attached hydrogens (tertiary/aromatic N) is 3. The topological polar surface area (TPSA) is 81.2 Å². The number of benzene rings is 1. The predicted molar refractivity (Wildman–Crippen MR) is 67.3 cm³/mol. The standard InChI is InChI=1S/C12H15N3O3/c1-3-12(2,16)8-14-11-6-10(15(17)18)5-4-9(11)7-13-14/h4-7,16H,3,8H2,1-2H3. The summed E-state index contributed by atoms with van der Waals surface area (Å²) in [7, 11) is 0. The highest BCUT2D eigenvalue weighted by Gasteiger charge is 2.20. The van der Waals surface area contributed by atoms with E-state index in [0.717, 1.165) is 5.39 Å². The summed E-state index contributed by atoms with van der Waals surface area (Å²) in [6.07, 6.45) is 2.23. The van der Waals surface area contributed by atoms with E-state index in [1.165, 1.54) is 12.1 Å². The molecule has 18 heavy (non-hydrogen) atoms. The van der Waals surface area contributed by atoms with Crippen molar-refractivity contribution in [2.45, 2.75) is 32.4 Å². The van der Waals surface area contributed by atoms with Crippen LogP contribution in [0.15, 0.2) is 24.4 Å². The number of aromatic nitrogens is 2. The Labute approximate surface area is 104 Å². The van der Waals surface area contributed by atoms with Crippen molar-refractivity contribution in [3.63, 3.8) is 0 Å². The number of non-ortho nitro benzene ring substituents is 1. The van der Waals surface area contributed by atoms with E-state index in [1.807, 2.05) is 6.92 Å². The highest BCUT2D eigenvalue weighted by atomic mass is 16.6. The lowest BCUT2D eigenvalue weighted by Crippen LogP contribution is -2.29. The average Bonchev–Trinajstić information content (AvgIpc) is 2.71. The maximum atomic E-state index is 10.7. The minimum atomic E-state index is -0.871. The van der Waals surface area contributed by atoms with Crippen molar-refractivity contribution in [3.05, 3.63) is 34.5 Å². The van der Waals surface area contributed by atoms with Crippen LogP contribution < -0.4 is 0 Å². The molecule has 0 spiro atoms. The second-order valence-corrected chi connectivity index (χ2v) is 4.65. The molecule has 1 N–H and O–H groups in total. The first kappa shape index (κ1) is 12.5. The second kappa shape index (κ2) is 4.38. The van der Waals surface area contributed by atoms with Gasteiger partial charge in [-0.25, -0.2) is 0 Å². The molecule has 2 rings (SSSR count). The third-order valence-electron chi connectivity index (χ3n) is 3.09. The molecule has 96 valence electrons. The Bertz CT molecular complexity index is 589. The van der Waals surface area contributed by atoms with Crippen molar-refractivity contribution in [2.24, 2.45) is 0 Å². The van der Waals surface area contributed by atoms with Crippen molar-refractivity contribution in [1.82, 2.24) is 9.78 Å². The summed E-state index contributed by atoms with van der Waals surface area (Å²) in [6, 6.07) is 4.60. The van der Waals surface area contributed by atoms with Gasteiger partial charge in [0.2, 0.25) is 0 Å². The number of rotatable bonds is 4. The molecular weight excluding hydrogens is 234 g/mol. The Morgan fingerprint density at radius 2 is 2.28 bits per heavy atom. The van der Waals surface area contributed by atoms with E-state index < -0.39 is 10.5 Å². The van der Waals surface area contributed by atoms with Gasteiger partial charge in [0.15, 0.2) is 0 Å². The fourth-order valence-electron chi connectivity index (χ4n) is 1.73. The first-order chi connectivity index (χ1) is 8.43. The zero-order valence-electron chi connectivity index (χ0n) is 10.3. The minimum absolute atomic E-state index is 0.0281. The smallest absolute Gasteiger partial charge is 0.271 e. The normalized spacial score (nSPS) is 14.6. The molecule has 0 aliphatic rings. The lowest BCUT2D eigenvalue weighted by molar-refractivity contribution is -0.384. The highest BCUT2D eigenvalue weighted by molar-refractivity contribution is 5.80. The van der Waals surface area contributed by atoms with Gasteiger partial charge in [0.1, 0.15) is 0 Å². The molecule has 1 aromatic heterocycles. The van der Waals surface area contributed by atoms with Crippen LogP contribution in [-0.2, 0) is 6.54 Å². The van der Waals surface area contributed by atoms with Gasteiger partial charge in [-0.05, 0) is 19.4 Å². The largest absolute Gasteiger partial charge is 0.388 e. The van der Waals surface area contributed by atoms with Gasteiger partial charge in [-0.1, -0.05) is 6.92 Å². The summed E-state index contributed by atoms with van der Waals surface area (Å²) in [5.41, 5.74) is -0.179. The summed E-state index contributed by atoms with van der Waals surface area (Å²) in [5, 5.41) is 25.8. The van der Waals surface area contributed by atoms with Crippen LogP contribution >= 0.6 is 0 Å². The van der Waals surface area contributed by atoms with Crippen LogP contribution in [0.2, 0.25) is 0 Å². The molecule has 1 atom stereocenters. The Hall–Kier alpha value is -1.95. The molecule has 1 aromatic carbocycles. The summed E-state index contributed by atoms with van der Waals surface area (Å²) in [4.78, 5) is 10.3. The maximum Gasteiger partial charge on any atom is 0.271 e. The number of aliphatic hydroxyl groups is 1. The van der Waals surface area contributed by atoms with Gasteiger partial charge in [-0.2, -0.15) is 5.10 Å². The molecule has 1 unspecified atom stereocenters. The van der Waals surface area contributed by atoms with Gasteiger partial charge in [-0.15, -0.1) is 0 Å². The van der Waals surface area contributed by atoms with Gasteiger partial charge in [0.25, 0.3) is 5.69 Å². The summed E-state index contributed by atoms with van der Waals surface area (Å²) >= 11 is 0. The Kier molecular flexibility index (Phi) is 3.04. The fraction of sp³-hybridized carbons (Fsp3) is 0.417. The average molecular weight is 249 g/mol. The van der Waals surface area contributed by atoms with Gasteiger partial charge < -0.3 is 5.11 Å². The number of hydrogen-bond donors (Lipinski definition) is 1. The van der Waals surface area contributed by atoms with Crippen molar-refractivity contribution >= 4 is 16.6 Å². The fourth-order valence-corrected chi connectivity index (χ4v) is 1.73. The Morgan fingerprint density at radius 3 is 2.89 bits per heavy atom. The molecular formula is C12H15N3O3. The number of nitro benzene ring substituents is 1. The first-order valence-electron chi connectivity index (χ1n) is 5.75. The van der Waals surface area contributed by atoms with Crippen LogP contribution in [-0.4, -0.2) is 25.4 Å². The zero-order chi connectivity index (χ0) is 13.3. The van der Waals surface area contributed by atoms with Gasteiger partial charge in [0, 0.05) is 17.5 Å². The van der Waals surface area contributed by atoms with Crippen molar-refractivity contribution in [1.29, 1.82) is 0 Å². The van der Waals surface area contributed by atoms with E-state index in [-0.39, 0.29) is 5.69 Å². The summed E-state index contributed by atoms with van der Waals surface area (Å²) in [5.74, 6) is 0. The number of nitro groups is 1. The zero-order valence-corrected chi connectivity index (χ0v) is 10.3. The second-order valence-electron chi connectivity index (χ2n) is 4.65. The van der Waals surface area contributed by atoms with Crippen LogP contribution in [0.4, 0.5) is 5.69 Å². The van der Waals surface area contributed by atoms with Crippen molar-refractivity contribution in [3.8, 4) is 0 Å². The Morgan fingerprint density at radius 1 is 1.56 bits per heavy atom. The monoisotopic (exact) mass is 249 g/mol. The molecule has 1 heterocycles. The minimum Gasteiger partial charge on any atom is -0.388 e. The van der Waals surface area contributed by atoms with E-state index >= 15 is 0 Å². The van der Waals surface area contributed by atoms with E-state index in [1.54, 1.807) is 23.9 Å². The van der Waals surface area contributed by atoms with Crippen molar-refractivity contribution in [2.75, 3.05) is 0 Å². The lowest BCUT2D eigenvalue weighted by atomic mass is 10.0. The quantitative estimate of drug-likeness (QED) is 0.664. The highest BCUT2D eigenvalue weighted by Crippen LogP contribution is 2.22. The molecule has 2 aromatic rings. The molecule has 0 amide bonds. The summed E-state index contributed by atoms with van der Waals surface area (Å²) < 4.78 is 1.60. The van der Waals surface area contributed by atoms with Crippen LogP contribution in [0.1, 0.15) is 20.3 Å². The molecule has 6 nitrogen and oxygen atoms in total. The SMILES string of the molecule is CCC(C)(O)Cn1ncc2ccc([N+](=O)[O-])cc21. The molecule has 0 bridgehead atoms. The van der Waals surface area contributed by atoms with Crippen LogP contribution in [0, 0.1) is 10.1 Å². The number of hydrogen-bond acceptors (Lipinski definition) is 4. The maximum absolute atomic E-state index is 10.7. The van der Waals surface area contributed by atoms with E-state index in [0.29, 0.717) is 18.5 Å². The lowest BCUT2D eigenvalue weighted by Gasteiger charge is -2.21. The first-order valence-corrected chi connectivity index (χ1v) is 5.75. The van der Waals surface area contributed by atoms with E-state index in [4.69, 9.17) is 0 Å². The van der Waals surface area contributed by atoms with Gasteiger partial charge >= 0.3 is 0 Å². The molecule has 0 radical (unpaired) electrons. The van der Waals surface area contributed by atoms with Crippen LogP contribution in [0.25, 0.3) is 10.9 Å². The number of fused-ring (bicyclic) bond motifs is 1. The van der Waals surface area contributed by atoms with Crippen LogP contribution in [0.5, 0.6) is 0 Å². The predicted octanol–water partition coefficient (Wildman–Crippen LogP) is 2.11. The molecule has 6 heteroatoms. The molecule has 0 aliphatic heterocycles. The summed E-state index contributed by atoms with van der Waals surface area (Å²) in [6.45, 7) is 3.92. The van der Waals surface area contributed by atoms with Crippen LogP contribution in [0.3, 0.4) is 0 Å². The molecule has 0 aliphatic carbocycles. The third-order valence-corrected chi connectivity index (χ3v) is 3.09. The third kappa shape index (κ3) is 2.33. The molecule has 0 fully saturated rings. The Balaban J connectivity index is 2.45. The van der Waals surface area contributed by atoms with Crippen molar-refractivity contribution < 1.29 is 10.0 Å². The van der Waals surface area contributed by atoms with E-state index in [9.17, 15) is 15.2 Å².